The minimum Gasteiger partial charge on any atom is -0.462 e. The fourth-order valence-corrected chi connectivity index (χ4v) is 3.59. The Kier molecular flexibility index (Phi) is 5.60. The average Bonchev–Trinajstić information content (AvgIpc) is 3.20. The van der Waals surface area contributed by atoms with E-state index >= 15 is 0 Å². The van der Waals surface area contributed by atoms with Crippen molar-refractivity contribution in [3.8, 4) is 0 Å². The lowest BCUT2D eigenvalue weighted by Gasteiger charge is -2.12. The Morgan fingerprint density at radius 1 is 1.23 bits per heavy atom. The van der Waals surface area contributed by atoms with E-state index in [4.69, 9.17) is 4.74 Å². The fourth-order valence-electron chi connectivity index (χ4n) is 3.59. The molecule has 1 aromatic carbocycles. The summed E-state index contributed by atoms with van der Waals surface area (Å²) in [5, 5.41) is 0. The molecule has 1 aromatic heterocycles. The zero-order valence-corrected chi connectivity index (χ0v) is 15.8. The third-order valence-corrected chi connectivity index (χ3v) is 4.89. The van der Waals surface area contributed by atoms with E-state index in [0.717, 1.165) is 25.0 Å². The summed E-state index contributed by atoms with van der Waals surface area (Å²) in [4.78, 5) is 25.3. The molecule has 4 heteroatoms. The lowest BCUT2D eigenvalue weighted by atomic mass is 10.0. The first-order valence-corrected chi connectivity index (χ1v) is 9.54. The highest BCUT2D eigenvalue weighted by Gasteiger charge is 2.33. The van der Waals surface area contributed by atoms with Crippen LogP contribution in [0.3, 0.4) is 0 Å². The third kappa shape index (κ3) is 3.74. The van der Waals surface area contributed by atoms with Gasteiger partial charge in [-0.1, -0.05) is 31.5 Å². The topological polar surface area (TPSA) is 48.3 Å². The normalized spacial score (nSPS) is 15.9. The molecule has 0 fully saturated rings. The lowest BCUT2D eigenvalue weighted by molar-refractivity contribution is -0.149. The molecule has 2 heterocycles. The van der Waals surface area contributed by atoms with Crippen LogP contribution in [-0.4, -0.2) is 22.4 Å². The van der Waals surface area contributed by atoms with Crippen molar-refractivity contribution in [2.45, 2.75) is 65.0 Å². The van der Waals surface area contributed by atoms with Gasteiger partial charge in [0.2, 0.25) is 5.78 Å². The van der Waals surface area contributed by atoms with Gasteiger partial charge in [-0.15, -0.1) is 0 Å². The molecule has 1 aliphatic rings. The van der Waals surface area contributed by atoms with Crippen LogP contribution >= 0.6 is 0 Å². The summed E-state index contributed by atoms with van der Waals surface area (Å²) < 4.78 is 7.34. The third-order valence-electron chi connectivity index (χ3n) is 4.89. The monoisotopic (exact) mass is 353 g/mol. The molecule has 0 N–H and O–H groups in total. The number of aromatic nitrogens is 1. The number of ketones is 1. The number of benzene rings is 1. The van der Waals surface area contributed by atoms with Gasteiger partial charge in [-0.25, -0.2) is 0 Å². The minimum absolute atomic E-state index is 0.0208. The van der Waals surface area contributed by atoms with Gasteiger partial charge in [0, 0.05) is 17.8 Å². The molecule has 0 saturated carbocycles. The van der Waals surface area contributed by atoms with E-state index in [2.05, 4.69) is 13.0 Å². The highest BCUT2D eigenvalue weighted by atomic mass is 16.5. The van der Waals surface area contributed by atoms with E-state index in [-0.39, 0.29) is 23.8 Å². The minimum atomic E-state index is -0.269. The second-order valence-electron chi connectivity index (χ2n) is 7.26. The number of rotatable bonds is 7. The number of ether oxygens (including phenoxy) is 1. The number of carbonyl (C=O) groups excluding carboxylic acids is 2. The van der Waals surface area contributed by atoms with Crippen molar-refractivity contribution in [1.82, 2.24) is 4.57 Å². The molecule has 1 unspecified atom stereocenters. The number of fused-ring (bicyclic) bond motifs is 1. The predicted molar refractivity (Wildman–Crippen MR) is 102 cm³/mol. The molecule has 2 aromatic rings. The van der Waals surface area contributed by atoms with Crippen molar-refractivity contribution in [2.75, 3.05) is 0 Å². The SMILES string of the molecule is CCCCc1cccc(C(=O)c2ccc3n2CCC3C(=O)OC(C)C)c1. The summed E-state index contributed by atoms with van der Waals surface area (Å²) in [7, 11) is 0. The van der Waals surface area contributed by atoms with Crippen LogP contribution in [0.25, 0.3) is 0 Å². The van der Waals surface area contributed by atoms with E-state index in [1.807, 2.05) is 48.7 Å². The van der Waals surface area contributed by atoms with Crippen molar-refractivity contribution in [3.63, 3.8) is 0 Å². The Morgan fingerprint density at radius 3 is 2.77 bits per heavy atom. The van der Waals surface area contributed by atoms with E-state index in [1.165, 1.54) is 5.56 Å². The standard InChI is InChI=1S/C22H27NO3/c1-4-5-7-16-8-6-9-17(14-16)21(24)20-11-10-19-18(12-13-23(19)20)22(25)26-15(2)3/h6,8-11,14-15,18H,4-5,7,12-13H2,1-3H3. The zero-order valence-electron chi connectivity index (χ0n) is 15.8. The van der Waals surface area contributed by atoms with Gasteiger partial charge >= 0.3 is 5.97 Å². The first-order valence-electron chi connectivity index (χ1n) is 9.54. The highest BCUT2D eigenvalue weighted by molar-refractivity contribution is 6.08. The van der Waals surface area contributed by atoms with Gasteiger partial charge in [0.1, 0.15) is 0 Å². The van der Waals surface area contributed by atoms with Crippen LogP contribution in [0, 0.1) is 0 Å². The first kappa shape index (κ1) is 18.4. The van der Waals surface area contributed by atoms with E-state index in [1.54, 1.807) is 0 Å². The summed E-state index contributed by atoms with van der Waals surface area (Å²) in [5.41, 5.74) is 3.46. The molecule has 0 bridgehead atoms. The van der Waals surface area contributed by atoms with Crippen LogP contribution < -0.4 is 0 Å². The van der Waals surface area contributed by atoms with Gasteiger partial charge in [0.25, 0.3) is 0 Å². The van der Waals surface area contributed by atoms with Gasteiger partial charge in [-0.2, -0.15) is 0 Å². The van der Waals surface area contributed by atoms with E-state index in [0.29, 0.717) is 24.2 Å². The Balaban J connectivity index is 1.82. The molecule has 3 rings (SSSR count). The molecule has 1 aliphatic heterocycles. The quantitative estimate of drug-likeness (QED) is 0.544. The van der Waals surface area contributed by atoms with Crippen LogP contribution in [0.4, 0.5) is 0 Å². The van der Waals surface area contributed by atoms with Gasteiger partial charge < -0.3 is 9.30 Å². The molecule has 138 valence electrons. The number of unbranched alkanes of at least 4 members (excludes halogenated alkanes) is 1. The van der Waals surface area contributed by atoms with E-state index < -0.39 is 0 Å². The summed E-state index contributed by atoms with van der Waals surface area (Å²) in [6.45, 7) is 6.55. The summed E-state index contributed by atoms with van der Waals surface area (Å²) in [6.07, 6.45) is 3.82. The number of esters is 1. The lowest BCUT2D eigenvalue weighted by Crippen LogP contribution is -2.18. The Labute approximate surface area is 155 Å². The number of hydrogen-bond donors (Lipinski definition) is 0. The molecule has 26 heavy (non-hydrogen) atoms. The molecule has 4 nitrogen and oxygen atoms in total. The molecule has 1 atom stereocenters. The zero-order chi connectivity index (χ0) is 18.7. The van der Waals surface area contributed by atoms with Gasteiger partial charge in [-0.05, 0) is 56.9 Å². The molecule has 0 radical (unpaired) electrons. The maximum absolute atomic E-state index is 13.0. The van der Waals surface area contributed by atoms with Crippen LogP contribution in [0.2, 0.25) is 0 Å². The molecule has 0 spiro atoms. The van der Waals surface area contributed by atoms with Crippen LogP contribution in [0.15, 0.2) is 36.4 Å². The Morgan fingerprint density at radius 2 is 2.04 bits per heavy atom. The van der Waals surface area contributed by atoms with Crippen molar-refractivity contribution in [1.29, 1.82) is 0 Å². The van der Waals surface area contributed by atoms with Crippen molar-refractivity contribution >= 4 is 11.8 Å². The first-order chi connectivity index (χ1) is 12.5. The number of nitrogens with zero attached hydrogens (tertiary/aromatic N) is 1. The van der Waals surface area contributed by atoms with Gasteiger partial charge in [0.05, 0.1) is 17.7 Å². The fraction of sp³-hybridized carbons (Fsp3) is 0.455. The number of aryl methyl sites for hydroxylation is 1. The average molecular weight is 353 g/mol. The van der Waals surface area contributed by atoms with E-state index in [9.17, 15) is 9.59 Å². The Hall–Kier alpha value is -2.36. The van der Waals surface area contributed by atoms with Gasteiger partial charge in [-0.3, -0.25) is 9.59 Å². The number of carbonyl (C=O) groups is 2. The molecule has 0 amide bonds. The summed E-state index contributed by atoms with van der Waals surface area (Å²) in [6, 6.07) is 11.6. The molecule has 0 saturated heterocycles. The maximum Gasteiger partial charge on any atom is 0.315 e. The maximum atomic E-state index is 13.0. The van der Waals surface area contributed by atoms with Gasteiger partial charge in [0.15, 0.2) is 0 Å². The van der Waals surface area contributed by atoms with Crippen molar-refractivity contribution in [3.05, 3.63) is 58.9 Å². The smallest absolute Gasteiger partial charge is 0.315 e. The summed E-state index contributed by atoms with van der Waals surface area (Å²) in [5.74, 6) is -0.445. The van der Waals surface area contributed by atoms with Crippen molar-refractivity contribution in [2.24, 2.45) is 0 Å². The molecule has 0 aliphatic carbocycles. The Bertz CT molecular complexity index is 803. The van der Waals surface area contributed by atoms with Crippen LogP contribution in [-0.2, 0) is 22.5 Å². The highest BCUT2D eigenvalue weighted by Crippen LogP contribution is 2.32. The van der Waals surface area contributed by atoms with Crippen molar-refractivity contribution < 1.29 is 14.3 Å². The molecular weight excluding hydrogens is 326 g/mol. The number of hydrogen-bond acceptors (Lipinski definition) is 3. The second-order valence-corrected chi connectivity index (χ2v) is 7.26. The summed E-state index contributed by atoms with van der Waals surface area (Å²) >= 11 is 0. The largest absolute Gasteiger partial charge is 0.462 e. The molecular formula is C22H27NO3. The van der Waals surface area contributed by atoms with Crippen LogP contribution in [0.1, 0.15) is 73.3 Å². The predicted octanol–water partition coefficient (Wildman–Crippen LogP) is 4.50. The van der Waals surface area contributed by atoms with Crippen LogP contribution in [0.5, 0.6) is 0 Å². The second kappa shape index (κ2) is 7.90.